The SMILES string of the molecule is NCC1CNCCN1C(=O)c1c(O)cccc1O. The van der Waals surface area contributed by atoms with E-state index in [2.05, 4.69) is 5.32 Å². The predicted molar refractivity (Wildman–Crippen MR) is 66.5 cm³/mol. The number of phenolic OH excluding ortho intramolecular Hbond substituents is 2. The maximum absolute atomic E-state index is 12.3. The first-order valence-electron chi connectivity index (χ1n) is 5.88. The Balaban J connectivity index is 2.30. The number of rotatable bonds is 2. The van der Waals surface area contributed by atoms with Crippen molar-refractivity contribution in [3.8, 4) is 11.5 Å². The number of aromatic hydroxyl groups is 2. The van der Waals surface area contributed by atoms with Gasteiger partial charge in [-0.2, -0.15) is 0 Å². The lowest BCUT2D eigenvalue weighted by Gasteiger charge is -2.35. The smallest absolute Gasteiger partial charge is 0.261 e. The molecule has 0 bridgehead atoms. The monoisotopic (exact) mass is 251 g/mol. The summed E-state index contributed by atoms with van der Waals surface area (Å²) in [6.45, 7) is 2.15. The second-order valence-corrected chi connectivity index (χ2v) is 4.26. The molecular weight excluding hydrogens is 234 g/mol. The van der Waals surface area contributed by atoms with Crippen molar-refractivity contribution in [2.75, 3.05) is 26.2 Å². The number of amides is 1. The molecule has 1 aromatic carbocycles. The van der Waals surface area contributed by atoms with Gasteiger partial charge >= 0.3 is 0 Å². The molecule has 98 valence electrons. The van der Waals surface area contributed by atoms with Gasteiger partial charge in [-0.15, -0.1) is 0 Å². The number of piperazine rings is 1. The molecule has 5 N–H and O–H groups in total. The quantitative estimate of drug-likeness (QED) is 0.566. The molecule has 0 aliphatic carbocycles. The fourth-order valence-corrected chi connectivity index (χ4v) is 2.13. The van der Waals surface area contributed by atoms with E-state index in [0.29, 0.717) is 26.2 Å². The topological polar surface area (TPSA) is 98.8 Å². The third kappa shape index (κ3) is 2.25. The van der Waals surface area contributed by atoms with E-state index in [4.69, 9.17) is 5.73 Å². The predicted octanol–water partition coefficient (Wildman–Crippen LogP) is -0.529. The highest BCUT2D eigenvalue weighted by Crippen LogP contribution is 2.28. The number of carbonyl (C=O) groups excluding carboxylic acids is 1. The van der Waals surface area contributed by atoms with Crippen LogP contribution in [0.3, 0.4) is 0 Å². The number of phenols is 2. The number of benzene rings is 1. The van der Waals surface area contributed by atoms with E-state index in [-0.39, 0.29) is 29.0 Å². The second kappa shape index (κ2) is 5.24. The van der Waals surface area contributed by atoms with Gasteiger partial charge in [0.25, 0.3) is 5.91 Å². The average molecular weight is 251 g/mol. The van der Waals surface area contributed by atoms with E-state index < -0.39 is 0 Å². The number of nitrogens with two attached hydrogens (primary N) is 1. The van der Waals surface area contributed by atoms with Gasteiger partial charge < -0.3 is 26.2 Å². The van der Waals surface area contributed by atoms with Gasteiger partial charge in [-0.3, -0.25) is 4.79 Å². The van der Waals surface area contributed by atoms with Crippen LogP contribution >= 0.6 is 0 Å². The van der Waals surface area contributed by atoms with Crippen molar-refractivity contribution in [2.45, 2.75) is 6.04 Å². The molecule has 2 rings (SSSR count). The molecule has 0 aromatic heterocycles. The first kappa shape index (κ1) is 12.7. The summed E-state index contributed by atoms with van der Waals surface area (Å²) < 4.78 is 0. The summed E-state index contributed by atoms with van der Waals surface area (Å²) in [6, 6.07) is 4.13. The zero-order valence-corrected chi connectivity index (χ0v) is 9.97. The Bertz CT molecular complexity index is 430. The van der Waals surface area contributed by atoms with Crippen LogP contribution in [0.2, 0.25) is 0 Å². The van der Waals surface area contributed by atoms with Crippen LogP contribution in [0.1, 0.15) is 10.4 Å². The number of nitrogens with one attached hydrogen (secondary N) is 1. The lowest BCUT2D eigenvalue weighted by molar-refractivity contribution is 0.0638. The lowest BCUT2D eigenvalue weighted by atomic mass is 10.1. The van der Waals surface area contributed by atoms with Crippen molar-refractivity contribution in [3.63, 3.8) is 0 Å². The van der Waals surface area contributed by atoms with Crippen molar-refractivity contribution in [3.05, 3.63) is 23.8 Å². The Kier molecular flexibility index (Phi) is 3.69. The number of hydrogen-bond donors (Lipinski definition) is 4. The van der Waals surface area contributed by atoms with Gasteiger partial charge in [-0.1, -0.05) is 6.07 Å². The Morgan fingerprint density at radius 1 is 1.44 bits per heavy atom. The molecule has 0 radical (unpaired) electrons. The van der Waals surface area contributed by atoms with Crippen LogP contribution in [0.25, 0.3) is 0 Å². The van der Waals surface area contributed by atoms with Crippen LogP contribution in [0, 0.1) is 0 Å². The minimum Gasteiger partial charge on any atom is -0.507 e. The highest BCUT2D eigenvalue weighted by Gasteiger charge is 2.29. The Hall–Kier alpha value is -1.79. The lowest BCUT2D eigenvalue weighted by Crippen LogP contribution is -2.56. The second-order valence-electron chi connectivity index (χ2n) is 4.26. The zero-order chi connectivity index (χ0) is 13.1. The summed E-state index contributed by atoms with van der Waals surface area (Å²) in [4.78, 5) is 13.9. The van der Waals surface area contributed by atoms with Gasteiger partial charge in [0.15, 0.2) is 0 Å². The van der Waals surface area contributed by atoms with Gasteiger partial charge in [-0.25, -0.2) is 0 Å². The molecule has 1 fully saturated rings. The van der Waals surface area contributed by atoms with Crippen molar-refractivity contribution in [1.29, 1.82) is 0 Å². The molecule has 6 heteroatoms. The van der Waals surface area contributed by atoms with Crippen molar-refractivity contribution < 1.29 is 15.0 Å². The van der Waals surface area contributed by atoms with Crippen molar-refractivity contribution >= 4 is 5.91 Å². The average Bonchev–Trinajstić information content (AvgIpc) is 2.38. The van der Waals surface area contributed by atoms with Crippen LogP contribution < -0.4 is 11.1 Å². The molecule has 1 aromatic rings. The first-order chi connectivity index (χ1) is 8.65. The van der Waals surface area contributed by atoms with Crippen LogP contribution in [0.4, 0.5) is 0 Å². The maximum Gasteiger partial charge on any atom is 0.261 e. The van der Waals surface area contributed by atoms with E-state index in [1.165, 1.54) is 18.2 Å². The van der Waals surface area contributed by atoms with Crippen LogP contribution in [0.5, 0.6) is 11.5 Å². The largest absolute Gasteiger partial charge is 0.507 e. The molecule has 6 nitrogen and oxygen atoms in total. The molecule has 1 amide bonds. The summed E-state index contributed by atoms with van der Waals surface area (Å²) in [5.74, 6) is -0.814. The summed E-state index contributed by atoms with van der Waals surface area (Å²) in [5, 5.41) is 22.5. The fourth-order valence-electron chi connectivity index (χ4n) is 2.13. The van der Waals surface area contributed by atoms with E-state index in [1.54, 1.807) is 4.90 Å². The highest BCUT2D eigenvalue weighted by atomic mass is 16.3. The summed E-state index contributed by atoms with van der Waals surface area (Å²) in [7, 11) is 0. The minimum atomic E-state index is -0.387. The van der Waals surface area contributed by atoms with Gasteiger partial charge in [0.2, 0.25) is 0 Å². The normalized spacial score (nSPS) is 19.8. The zero-order valence-electron chi connectivity index (χ0n) is 9.97. The number of carbonyl (C=O) groups is 1. The van der Waals surface area contributed by atoms with Crippen LogP contribution in [0.15, 0.2) is 18.2 Å². The van der Waals surface area contributed by atoms with E-state index in [0.717, 1.165) is 0 Å². The Morgan fingerprint density at radius 3 is 2.72 bits per heavy atom. The molecule has 0 saturated carbocycles. The van der Waals surface area contributed by atoms with Crippen molar-refractivity contribution in [2.24, 2.45) is 5.73 Å². The highest BCUT2D eigenvalue weighted by molar-refractivity contribution is 5.99. The van der Waals surface area contributed by atoms with E-state index in [1.807, 2.05) is 0 Å². The van der Waals surface area contributed by atoms with Crippen molar-refractivity contribution in [1.82, 2.24) is 10.2 Å². The molecule has 1 aliphatic rings. The fraction of sp³-hybridized carbons (Fsp3) is 0.417. The number of nitrogens with zero attached hydrogens (tertiary/aromatic N) is 1. The number of hydrogen-bond acceptors (Lipinski definition) is 5. The summed E-state index contributed by atoms with van der Waals surface area (Å²) in [6.07, 6.45) is 0. The van der Waals surface area contributed by atoms with Crippen LogP contribution in [-0.2, 0) is 0 Å². The van der Waals surface area contributed by atoms with Gasteiger partial charge in [0.1, 0.15) is 17.1 Å². The molecule has 1 saturated heterocycles. The Morgan fingerprint density at radius 2 is 2.11 bits per heavy atom. The van der Waals surface area contributed by atoms with Crippen LogP contribution in [-0.4, -0.2) is 53.2 Å². The summed E-state index contributed by atoms with van der Waals surface area (Å²) >= 11 is 0. The van der Waals surface area contributed by atoms with Gasteiger partial charge in [-0.05, 0) is 12.1 Å². The molecule has 18 heavy (non-hydrogen) atoms. The first-order valence-corrected chi connectivity index (χ1v) is 5.88. The molecule has 0 spiro atoms. The summed E-state index contributed by atoms with van der Waals surface area (Å²) in [5.41, 5.74) is 5.57. The molecule has 1 heterocycles. The molecule has 1 unspecified atom stereocenters. The molecule has 1 atom stereocenters. The van der Waals surface area contributed by atoms with Gasteiger partial charge in [0.05, 0.1) is 6.04 Å². The van der Waals surface area contributed by atoms with E-state index >= 15 is 0 Å². The molecular formula is C12H17N3O3. The van der Waals surface area contributed by atoms with Gasteiger partial charge in [0, 0.05) is 26.2 Å². The third-order valence-electron chi connectivity index (χ3n) is 3.12. The molecule has 1 aliphatic heterocycles. The standard InChI is InChI=1S/C12H17N3O3/c13-6-8-7-14-4-5-15(8)12(18)11-9(16)2-1-3-10(11)17/h1-3,8,14,16-17H,4-7,13H2. The third-order valence-corrected chi connectivity index (χ3v) is 3.12. The maximum atomic E-state index is 12.3. The Labute approximate surface area is 105 Å². The minimum absolute atomic E-state index is 0.0575. The van der Waals surface area contributed by atoms with E-state index in [9.17, 15) is 15.0 Å².